The van der Waals surface area contributed by atoms with Crippen molar-refractivity contribution in [1.29, 1.82) is 0 Å². The number of urea groups is 1. The van der Waals surface area contributed by atoms with Gasteiger partial charge < -0.3 is 9.80 Å². The molecule has 17 heavy (non-hydrogen) atoms. The van der Waals surface area contributed by atoms with Crippen molar-refractivity contribution in [2.24, 2.45) is 0 Å². The monoisotopic (exact) mass is 237 g/mol. The summed E-state index contributed by atoms with van der Waals surface area (Å²) >= 11 is 0. The largest absolute Gasteiger partial charge is 0.331 e. The summed E-state index contributed by atoms with van der Waals surface area (Å²) < 4.78 is 0. The molecule has 0 atom stereocenters. The highest BCUT2D eigenvalue weighted by molar-refractivity contribution is 5.75. The zero-order chi connectivity index (χ0) is 12.8. The Labute approximate surface area is 104 Å². The standard InChI is InChI=1S/C13H23N3O/c1-13(2,3)16-8-10-6-15(7-11(10)9-16)12(17)14(4)5/h6-9H2,1-5H3. The molecule has 0 radical (unpaired) electrons. The van der Waals surface area contributed by atoms with Crippen molar-refractivity contribution in [2.45, 2.75) is 26.3 Å². The molecule has 2 aliphatic heterocycles. The van der Waals surface area contributed by atoms with Crippen molar-refractivity contribution in [3.05, 3.63) is 11.1 Å². The van der Waals surface area contributed by atoms with E-state index in [1.807, 2.05) is 19.0 Å². The van der Waals surface area contributed by atoms with Gasteiger partial charge in [0.25, 0.3) is 0 Å². The fourth-order valence-electron chi connectivity index (χ4n) is 2.47. The minimum atomic E-state index is 0.127. The zero-order valence-corrected chi connectivity index (χ0v) is 11.6. The summed E-state index contributed by atoms with van der Waals surface area (Å²) in [5.41, 5.74) is 3.13. The van der Waals surface area contributed by atoms with Crippen LogP contribution in [-0.4, -0.2) is 66.5 Å². The van der Waals surface area contributed by atoms with Gasteiger partial charge in [-0.3, -0.25) is 4.90 Å². The van der Waals surface area contributed by atoms with Crippen molar-refractivity contribution in [3.63, 3.8) is 0 Å². The van der Waals surface area contributed by atoms with Crippen LogP contribution in [0.4, 0.5) is 4.79 Å². The molecular formula is C13H23N3O. The molecule has 0 aromatic heterocycles. The van der Waals surface area contributed by atoms with Gasteiger partial charge in [0.05, 0.1) is 0 Å². The molecule has 96 valence electrons. The number of rotatable bonds is 0. The van der Waals surface area contributed by atoms with Gasteiger partial charge in [-0.15, -0.1) is 0 Å². The molecule has 0 spiro atoms. The van der Waals surface area contributed by atoms with Crippen molar-refractivity contribution in [3.8, 4) is 0 Å². The quantitative estimate of drug-likeness (QED) is 0.595. The lowest BCUT2D eigenvalue weighted by Crippen LogP contribution is -2.44. The van der Waals surface area contributed by atoms with Crippen LogP contribution in [0.3, 0.4) is 0 Å². The maximum Gasteiger partial charge on any atom is 0.320 e. The molecule has 0 bridgehead atoms. The van der Waals surface area contributed by atoms with E-state index in [4.69, 9.17) is 0 Å². The highest BCUT2D eigenvalue weighted by atomic mass is 16.2. The molecule has 0 saturated heterocycles. The van der Waals surface area contributed by atoms with E-state index in [0.717, 1.165) is 26.2 Å². The second-order valence-electron chi connectivity index (χ2n) is 6.27. The molecule has 4 heteroatoms. The van der Waals surface area contributed by atoms with Crippen LogP contribution in [0, 0.1) is 0 Å². The van der Waals surface area contributed by atoms with Gasteiger partial charge in [-0.2, -0.15) is 0 Å². The lowest BCUT2D eigenvalue weighted by Gasteiger charge is -2.34. The van der Waals surface area contributed by atoms with E-state index < -0.39 is 0 Å². The summed E-state index contributed by atoms with van der Waals surface area (Å²) in [5, 5.41) is 0. The van der Waals surface area contributed by atoms with E-state index in [-0.39, 0.29) is 11.6 Å². The average molecular weight is 237 g/mol. The number of carbonyl (C=O) groups is 1. The third kappa shape index (κ3) is 2.32. The first-order chi connectivity index (χ1) is 7.79. The van der Waals surface area contributed by atoms with Gasteiger partial charge in [-0.25, -0.2) is 4.79 Å². The van der Waals surface area contributed by atoms with Crippen LogP contribution in [0.5, 0.6) is 0 Å². The van der Waals surface area contributed by atoms with Crippen LogP contribution in [-0.2, 0) is 0 Å². The maximum atomic E-state index is 11.9. The molecule has 0 saturated carbocycles. The number of nitrogens with zero attached hydrogens (tertiary/aromatic N) is 3. The molecule has 0 aliphatic carbocycles. The van der Waals surface area contributed by atoms with Crippen LogP contribution in [0.25, 0.3) is 0 Å². The lowest BCUT2D eigenvalue weighted by atomic mass is 10.1. The number of hydrogen-bond acceptors (Lipinski definition) is 2. The van der Waals surface area contributed by atoms with Gasteiger partial charge in [-0.1, -0.05) is 0 Å². The Morgan fingerprint density at radius 2 is 1.53 bits per heavy atom. The van der Waals surface area contributed by atoms with E-state index >= 15 is 0 Å². The van der Waals surface area contributed by atoms with Crippen LogP contribution in [0.2, 0.25) is 0 Å². The summed E-state index contributed by atoms with van der Waals surface area (Å²) in [4.78, 5) is 17.9. The van der Waals surface area contributed by atoms with Crippen molar-refractivity contribution < 1.29 is 4.79 Å². The van der Waals surface area contributed by atoms with Gasteiger partial charge in [-0.05, 0) is 31.9 Å². The molecule has 0 fully saturated rings. The lowest BCUT2D eigenvalue weighted by molar-refractivity contribution is 0.160. The van der Waals surface area contributed by atoms with Gasteiger partial charge in [0.15, 0.2) is 0 Å². The second-order valence-corrected chi connectivity index (χ2v) is 6.27. The highest BCUT2D eigenvalue weighted by Crippen LogP contribution is 2.30. The van der Waals surface area contributed by atoms with E-state index in [2.05, 4.69) is 25.7 Å². The number of carbonyl (C=O) groups excluding carboxylic acids is 1. The molecule has 2 aliphatic rings. The molecule has 0 aromatic rings. The van der Waals surface area contributed by atoms with Crippen LogP contribution < -0.4 is 0 Å². The summed E-state index contributed by atoms with van der Waals surface area (Å²) in [6.45, 7) is 10.4. The SMILES string of the molecule is CN(C)C(=O)N1CC2=C(C1)CN(C(C)(C)C)C2. The minimum Gasteiger partial charge on any atom is -0.331 e. The van der Waals surface area contributed by atoms with Gasteiger partial charge >= 0.3 is 6.03 Å². The van der Waals surface area contributed by atoms with Crippen LogP contribution in [0.15, 0.2) is 11.1 Å². The second kappa shape index (κ2) is 4.02. The Balaban J connectivity index is 1.96. The topological polar surface area (TPSA) is 26.8 Å². The average Bonchev–Trinajstić information content (AvgIpc) is 2.71. The Bertz CT molecular complexity index is 347. The Morgan fingerprint density at radius 3 is 1.88 bits per heavy atom. The third-order valence-corrected chi connectivity index (χ3v) is 3.63. The predicted molar refractivity (Wildman–Crippen MR) is 69.0 cm³/mol. The molecule has 4 nitrogen and oxygen atoms in total. The number of amides is 2. The zero-order valence-electron chi connectivity index (χ0n) is 11.6. The first kappa shape index (κ1) is 12.4. The Hall–Kier alpha value is -1.03. The van der Waals surface area contributed by atoms with Crippen LogP contribution >= 0.6 is 0 Å². The van der Waals surface area contributed by atoms with E-state index in [1.165, 1.54) is 11.1 Å². The van der Waals surface area contributed by atoms with Gasteiger partial charge in [0.2, 0.25) is 0 Å². The number of hydrogen-bond donors (Lipinski definition) is 0. The molecule has 0 unspecified atom stereocenters. The summed E-state index contributed by atoms with van der Waals surface area (Å²) in [5.74, 6) is 0. The summed E-state index contributed by atoms with van der Waals surface area (Å²) in [6, 6.07) is 0.127. The predicted octanol–water partition coefficient (Wildman–Crippen LogP) is 1.39. The van der Waals surface area contributed by atoms with Crippen molar-refractivity contribution >= 4 is 6.03 Å². The summed E-state index contributed by atoms with van der Waals surface area (Å²) in [7, 11) is 3.63. The Kier molecular flexibility index (Phi) is 2.94. The smallest absolute Gasteiger partial charge is 0.320 e. The normalized spacial score (nSPS) is 21.1. The van der Waals surface area contributed by atoms with E-state index in [9.17, 15) is 4.79 Å². The molecule has 2 rings (SSSR count). The molecular weight excluding hydrogens is 214 g/mol. The molecule has 0 aromatic carbocycles. The first-order valence-corrected chi connectivity index (χ1v) is 6.20. The molecule has 0 N–H and O–H groups in total. The highest BCUT2D eigenvalue weighted by Gasteiger charge is 2.36. The first-order valence-electron chi connectivity index (χ1n) is 6.20. The molecule has 2 amide bonds. The van der Waals surface area contributed by atoms with Crippen molar-refractivity contribution in [2.75, 3.05) is 40.3 Å². The van der Waals surface area contributed by atoms with Crippen molar-refractivity contribution in [1.82, 2.24) is 14.7 Å². The van der Waals surface area contributed by atoms with E-state index in [1.54, 1.807) is 4.90 Å². The Morgan fingerprint density at radius 1 is 1.06 bits per heavy atom. The minimum absolute atomic E-state index is 0.127. The molecule has 2 heterocycles. The van der Waals surface area contributed by atoms with Crippen LogP contribution in [0.1, 0.15) is 20.8 Å². The van der Waals surface area contributed by atoms with E-state index in [0.29, 0.717) is 0 Å². The van der Waals surface area contributed by atoms with Gasteiger partial charge in [0, 0.05) is 45.8 Å². The fraction of sp³-hybridized carbons (Fsp3) is 0.769. The third-order valence-electron chi connectivity index (χ3n) is 3.63. The summed E-state index contributed by atoms with van der Waals surface area (Å²) in [6.07, 6.45) is 0. The maximum absolute atomic E-state index is 11.9. The fourth-order valence-corrected chi connectivity index (χ4v) is 2.47. The van der Waals surface area contributed by atoms with Gasteiger partial charge in [0.1, 0.15) is 0 Å².